The first-order valence-corrected chi connectivity index (χ1v) is 7.63. The van der Waals surface area contributed by atoms with Crippen molar-refractivity contribution in [2.45, 2.75) is 43.3 Å². The summed E-state index contributed by atoms with van der Waals surface area (Å²) in [7, 11) is 0. The molecule has 4 rings (SSSR count). The van der Waals surface area contributed by atoms with Crippen molar-refractivity contribution >= 4 is 6.29 Å². The van der Waals surface area contributed by atoms with Crippen molar-refractivity contribution in [3.63, 3.8) is 0 Å². The lowest BCUT2D eigenvalue weighted by atomic mass is 9.56. The van der Waals surface area contributed by atoms with Gasteiger partial charge >= 0.3 is 0 Å². The van der Waals surface area contributed by atoms with Gasteiger partial charge in [0.2, 0.25) is 0 Å². The van der Waals surface area contributed by atoms with Gasteiger partial charge in [-0.1, -0.05) is 24.3 Å². The van der Waals surface area contributed by atoms with Gasteiger partial charge in [0.05, 0.1) is 18.6 Å². The van der Waals surface area contributed by atoms with Gasteiger partial charge < -0.3 is 14.3 Å². The number of benzene rings is 1. The number of hydrogen-bond donors (Lipinski definition) is 0. The quantitative estimate of drug-likeness (QED) is 0.737. The van der Waals surface area contributed by atoms with Gasteiger partial charge in [0.15, 0.2) is 5.79 Å². The molecule has 1 spiro atoms. The molecule has 2 fully saturated rings. The highest BCUT2D eigenvalue weighted by Gasteiger charge is 2.59. The van der Waals surface area contributed by atoms with Gasteiger partial charge in [-0.15, -0.1) is 0 Å². The minimum Gasteiger partial charge on any atom is -0.347 e. The Balaban J connectivity index is 1.86. The van der Waals surface area contributed by atoms with Gasteiger partial charge in [-0.25, -0.2) is 0 Å². The monoisotopic (exact) mass is 272 g/mol. The third kappa shape index (κ3) is 1.51. The van der Waals surface area contributed by atoms with Crippen LogP contribution < -0.4 is 0 Å². The Labute approximate surface area is 119 Å². The fraction of sp³-hybridized carbons (Fsp3) is 0.588. The topological polar surface area (TPSA) is 35.5 Å². The smallest absolute Gasteiger partial charge is 0.172 e. The highest BCUT2D eigenvalue weighted by atomic mass is 16.7. The van der Waals surface area contributed by atoms with Crippen LogP contribution in [0.5, 0.6) is 0 Å². The predicted molar refractivity (Wildman–Crippen MR) is 74.5 cm³/mol. The van der Waals surface area contributed by atoms with Crippen LogP contribution in [0.4, 0.5) is 0 Å². The molecule has 1 aromatic rings. The number of carbonyl (C=O) groups is 1. The Hall–Kier alpha value is -1.19. The highest BCUT2D eigenvalue weighted by molar-refractivity contribution is 5.72. The molecule has 1 aromatic carbocycles. The summed E-state index contributed by atoms with van der Waals surface area (Å²) in [5.41, 5.74) is 2.13. The van der Waals surface area contributed by atoms with Crippen molar-refractivity contribution in [1.82, 2.24) is 0 Å². The Kier molecular flexibility index (Phi) is 2.76. The summed E-state index contributed by atoms with van der Waals surface area (Å²) in [5.74, 6) is -0.342. The molecule has 0 aromatic heterocycles. The van der Waals surface area contributed by atoms with Gasteiger partial charge in [-0.05, 0) is 36.8 Å². The Bertz CT molecular complexity index is 533. The van der Waals surface area contributed by atoms with Crippen molar-refractivity contribution in [3.05, 3.63) is 35.4 Å². The molecule has 0 amide bonds. The van der Waals surface area contributed by atoms with E-state index in [2.05, 4.69) is 18.2 Å². The maximum atomic E-state index is 12.1. The molecule has 1 saturated carbocycles. The molecule has 106 valence electrons. The summed E-state index contributed by atoms with van der Waals surface area (Å²) < 4.78 is 12.0. The Morgan fingerprint density at radius 2 is 1.95 bits per heavy atom. The minimum atomic E-state index is -0.507. The van der Waals surface area contributed by atoms with E-state index in [1.54, 1.807) is 0 Å². The molecule has 0 N–H and O–H groups in total. The van der Waals surface area contributed by atoms with E-state index in [9.17, 15) is 4.79 Å². The summed E-state index contributed by atoms with van der Waals surface area (Å²) in [6.07, 6.45) is 6.02. The summed E-state index contributed by atoms with van der Waals surface area (Å²) in [4.78, 5) is 12.1. The lowest BCUT2D eigenvalue weighted by Gasteiger charge is -2.52. The molecule has 2 atom stereocenters. The minimum absolute atomic E-state index is 0.165. The lowest BCUT2D eigenvalue weighted by Crippen LogP contribution is -2.57. The number of rotatable bonds is 1. The first-order chi connectivity index (χ1) is 9.81. The third-order valence-corrected chi connectivity index (χ3v) is 5.48. The molecule has 1 aliphatic heterocycles. The van der Waals surface area contributed by atoms with Crippen LogP contribution >= 0.6 is 0 Å². The first-order valence-electron chi connectivity index (χ1n) is 7.63. The lowest BCUT2D eigenvalue weighted by molar-refractivity contribution is -0.231. The van der Waals surface area contributed by atoms with Crippen molar-refractivity contribution < 1.29 is 14.3 Å². The van der Waals surface area contributed by atoms with E-state index >= 15 is 0 Å². The molecule has 1 saturated heterocycles. The maximum absolute atomic E-state index is 12.1. The van der Waals surface area contributed by atoms with Crippen LogP contribution in [0.2, 0.25) is 0 Å². The molecule has 2 aliphatic carbocycles. The zero-order valence-corrected chi connectivity index (χ0v) is 11.6. The molecule has 0 radical (unpaired) electrons. The number of hydrogen-bond acceptors (Lipinski definition) is 3. The van der Waals surface area contributed by atoms with E-state index in [1.165, 1.54) is 17.4 Å². The molecule has 20 heavy (non-hydrogen) atoms. The Morgan fingerprint density at radius 3 is 2.75 bits per heavy atom. The zero-order chi connectivity index (χ0) is 13.6. The van der Waals surface area contributed by atoms with Crippen molar-refractivity contribution in [2.24, 2.45) is 5.92 Å². The summed E-state index contributed by atoms with van der Waals surface area (Å²) in [6.45, 7) is 1.32. The van der Waals surface area contributed by atoms with Crippen LogP contribution in [-0.2, 0) is 26.1 Å². The molecule has 3 heteroatoms. The SMILES string of the molecule is O=C[C@@]12CCCC3(OCCO3)[C@H]1CCc1ccccc12. The van der Waals surface area contributed by atoms with E-state index in [0.29, 0.717) is 13.2 Å². The largest absolute Gasteiger partial charge is 0.347 e. The second-order valence-corrected chi connectivity index (χ2v) is 6.27. The second kappa shape index (κ2) is 4.40. The molecular weight excluding hydrogens is 252 g/mol. The van der Waals surface area contributed by atoms with E-state index < -0.39 is 11.2 Å². The van der Waals surface area contributed by atoms with E-state index in [0.717, 1.165) is 32.1 Å². The molecule has 3 nitrogen and oxygen atoms in total. The fourth-order valence-corrected chi connectivity index (χ4v) is 4.68. The fourth-order valence-electron chi connectivity index (χ4n) is 4.68. The van der Waals surface area contributed by atoms with Crippen LogP contribution in [0.25, 0.3) is 0 Å². The second-order valence-electron chi connectivity index (χ2n) is 6.27. The van der Waals surface area contributed by atoms with E-state index in [4.69, 9.17) is 9.47 Å². The zero-order valence-electron chi connectivity index (χ0n) is 11.6. The van der Waals surface area contributed by atoms with Crippen LogP contribution in [0.15, 0.2) is 24.3 Å². The highest BCUT2D eigenvalue weighted by Crippen LogP contribution is 2.55. The Morgan fingerprint density at radius 1 is 1.15 bits per heavy atom. The first kappa shape index (κ1) is 12.5. The van der Waals surface area contributed by atoms with Crippen molar-refractivity contribution in [1.29, 1.82) is 0 Å². The number of fused-ring (bicyclic) bond motifs is 4. The summed E-state index contributed by atoms with van der Waals surface area (Å²) in [5, 5.41) is 0. The number of aryl methyl sites for hydroxylation is 1. The number of carbonyl (C=O) groups excluding carboxylic acids is 1. The average Bonchev–Trinajstić information content (AvgIpc) is 2.96. The van der Waals surface area contributed by atoms with Gasteiger partial charge in [-0.3, -0.25) is 0 Å². The molecule has 0 unspecified atom stereocenters. The summed E-state index contributed by atoms with van der Waals surface area (Å²) >= 11 is 0. The standard InChI is InChI=1S/C17H20O3/c18-12-16-8-3-9-17(19-10-11-20-17)15(16)7-6-13-4-1-2-5-14(13)16/h1-2,4-5,12,15H,3,6-11H2/t15-,16+/m0/s1. The van der Waals surface area contributed by atoms with E-state index in [-0.39, 0.29) is 5.92 Å². The van der Waals surface area contributed by atoms with Crippen LogP contribution in [0.1, 0.15) is 36.8 Å². The van der Waals surface area contributed by atoms with E-state index in [1.807, 2.05) is 6.07 Å². The normalized spacial score (nSPS) is 34.5. The number of ether oxygens (including phenoxy) is 2. The number of aldehydes is 1. The molecule has 3 aliphatic rings. The molecular formula is C17H20O3. The molecule has 1 heterocycles. The van der Waals surface area contributed by atoms with Crippen LogP contribution in [0.3, 0.4) is 0 Å². The molecule has 0 bridgehead atoms. The third-order valence-electron chi connectivity index (χ3n) is 5.48. The van der Waals surface area contributed by atoms with Crippen LogP contribution in [-0.4, -0.2) is 25.3 Å². The van der Waals surface area contributed by atoms with Gasteiger partial charge in [-0.2, -0.15) is 0 Å². The van der Waals surface area contributed by atoms with Gasteiger partial charge in [0, 0.05) is 12.3 Å². The predicted octanol–water partition coefficient (Wildman–Crippen LogP) is 2.61. The summed E-state index contributed by atoms with van der Waals surface area (Å²) in [6, 6.07) is 8.40. The average molecular weight is 272 g/mol. The van der Waals surface area contributed by atoms with Crippen molar-refractivity contribution in [2.75, 3.05) is 13.2 Å². The van der Waals surface area contributed by atoms with Gasteiger partial charge in [0.1, 0.15) is 6.29 Å². The van der Waals surface area contributed by atoms with Crippen molar-refractivity contribution in [3.8, 4) is 0 Å². The van der Waals surface area contributed by atoms with Crippen LogP contribution in [0, 0.1) is 5.92 Å². The van der Waals surface area contributed by atoms with Gasteiger partial charge in [0.25, 0.3) is 0 Å². The maximum Gasteiger partial charge on any atom is 0.172 e.